The topological polar surface area (TPSA) is 77.2 Å². The molecule has 12 rings (SSSR count). The molecular formula is C54H35N7. The summed E-state index contributed by atoms with van der Waals surface area (Å²) in [5, 5.41) is 17.9. The Bertz CT molecular complexity index is 3730. The Labute approximate surface area is 350 Å². The molecule has 0 bridgehead atoms. The number of rotatable bonds is 5. The first-order valence-electron chi connectivity index (χ1n) is 20.4. The fourth-order valence-corrected chi connectivity index (χ4v) is 9.33. The molecule has 4 aromatic heterocycles. The van der Waals surface area contributed by atoms with Crippen LogP contribution in [0.1, 0.15) is 16.7 Å². The lowest BCUT2D eigenvalue weighted by Crippen LogP contribution is -2.07. The quantitative estimate of drug-likeness (QED) is 0.174. The number of hydrogen-bond acceptors (Lipinski definition) is 4. The minimum atomic E-state index is 0.481. The monoisotopic (exact) mass is 781 g/mol. The van der Waals surface area contributed by atoms with Crippen LogP contribution in [0.15, 0.2) is 176 Å². The third-order valence-corrected chi connectivity index (χ3v) is 12.0. The Morgan fingerprint density at radius 1 is 0.410 bits per heavy atom. The maximum Gasteiger partial charge on any atom is 0.238 e. The number of fused-ring (bicyclic) bond motifs is 10. The Balaban J connectivity index is 1.12. The Hall–Kier alpha value is -8.34. The molecule has 12 aromatic rings. The van der Waals surface area contributed by atoms with E-state index in [1.165, 1.54) is 16.5 Å². The van der Waals surface area contributed by atoms with E-state index in [4.69, 9.17) is 15.0 Å². The average molecular weight is 782 g/mol. The van der Waals surface area contributed by atoms with Gasteiger partial charge in [-0.2, -0.15) is 15.2 Å². The van der Waals surface area contributed by atoms with E-state index in [1.807, 2.05) is 54.6 Å². The molecule has 0 unspecified atom stereocenters. The molecule has 0 N–H and O–H groups in total. The van der Waals surface area contributed by atoms with Crippen molar-refractivity contribution in [1.29, 1.82) is 5.26 Å². The zero-order chi connectivity index (χ0) is 40.8. The second-order valence-electron chi connectivity index (χ2n) is 15.8. The summed E-state index contributed by atoms with van der Waals surface area (Å²) in [7, 11) is 0. The van der Waals surface area contributed by atoms with Gasteiger partial charge in [0.2, 0.25) is 5.95 Å². The van der Waals surface area contributed by atoms with Crippen LogP contribution >= 0.6 is 0 Å². The first-order chi connectivity index (χ1) is 30.0. The van der Waals surface area contributed by atoms with Gasteiger partial charge in [0, 0.05) is 49.1 Å². The predicted molar refractivity (Wildman–Crippen MR) is 248 cm³/mol. The molecule has 0 spiro atoms. The molecule has 0 saturated heterocycles. The third-order valence-electron chi connectivity index (χ3n) is 12.0. The van der Waals surface area contributed by atoms with Crippen LogP contribution in [0.4, 0.5) is 0 Å². The number of hydrogen-bond donors (Lipinski definition) is 0. The minimum Gasteiger partial charge on any atom is -0.307 e. The highest BCUT2D eigenvalue weighted by Crippen LogP contribution is 2.42. The molecule has 286 valence electrons. The molecule has 0 saturated carbocycles. The first-order valence-corrected chi connectivity index (χ1v) is 20.4. The van der Waals surface area contributed by atoms with Gasteiger partial charge >= 0.3 is 0 Å². The lowest BCUT2D eigenvalue weighted by atomic mass is 10.1. The van der Waals surface area contributed by atoms with Gasteiger partial charge in [-0.3, -0.25) is 4.57 Å². The second-order valence-corrected chi connectivity index (χ2v) is 15.8. The smallest absolute Gasteiger partial charge is 0.238 e. The molecule has 61 heavy (non-hydrogen) atoms. The van der Waals surface area contributed by atoms with Crippen LogP contribution in [0.2, 0.25) is 0 Å². The Kier molecular flexibility index (Phi) is 7.59. The second kappa shape index (κ2) is 13.3. The lowest BCUT2D eigenvalue weighted by Gasteiger charge is -2.15. The van der Waals surface area contributed by atoms with Crippen LogP contribution in [-0.4, -0.2) is 28.7 Å². The van der Waals surface area contributed by atoms with E-state index in [0.29, 0.717) is 23.2 Å². The lowest BCUT2D eigenvalue weighted by molar-refractivity contribution is 0.953. The van der Waals surface area contributed by atoms with Gasteiger partial charge in [-0.25, -0.2) is 4.98 Å². The minimum absolute atomic E-state index is 0.481. The molecule has 4 heterocycles. The standard InChI is InChI=1S/C54H35N7/c1-33-21-26-48-43(29-33)44-30-34(2)22-27-49(44)61(48)54-57-52(35-13-5-3-6-14-35)56-53(58-54)36-23-28-45(37(31-36)32-55)60-47-20-12-10-18-40(47)42-25-24-41-39-17-9-11-19-46(39)59(50(41)51(42)60)38-15-7-4-8-16-38/h3-31H,1-2H3. The highest BCUT2D eigenvalue weighted by Gasteiger charge is 2.24. The average Bonchev–Trinajstić information content (AvgIpc) is 3.94. The van der Waals surface area contributed by atoms with Gasteiger partial charge in [0.15, 0.2) is 11.6 Å². The van der Waals surface area contributed by atoms with Crippen molar-refractivity contribution in [2.75, 3.05) is 0 Å². The van der Waals surface area contributed by atoms with E-state index in [-0.39, 0.29) is 0 Å². The Morgan fingerprint density at radius 2 is 0.934 bits per heavy atom. The van der Waals surface area contributed by atoms with E-state index in [9.17, 15) is 5.26 Å². The predicted octanol–water partition coefficient (Wildman–Crippen LogP) is 13.0. The van der Waals surface area contributed by atoms with Gasteiger partial charge in [-0.15, -0.1) is 0 Å². The number of nitriles is 1. The number of aryl methyl sites for hydroxylation is 2. The molecule has 0 fully saturated rings. The van der Waals surface area contributed by atoms with Crippen LogP contribution in [0.3, 0.4) is 0 Å². The van der Waals surface area contributed by atoms with Crippen LogP contribution in [0.5, 0.6) is 0 Å². The van der Waals surface area contributed by atoms with Crippen LogP contribution in [0, 0.1) is 25.2 Å². The van der Waals surface area contributed by atoms with Crippen LogP contribution in [0.25, 0.3) is 106 Å². The summed E-state index contributed by atoms with van der Waals surface area (Å²) in [6.07, 6.45) is 0. The highest BCUT2D eigenvalue weighted by atomic mass is 15.2. The summed E-state index contributed by atoms with van der Waals surface area (Å²) >= 11 is 0. The van der Waals surface area contributed by atoms with Crippen molar-refractivity contribution >= 4 is 65.4 Å². The molecule has 0 radical (unpaired) electrons. The molecular weight excluding hydrogens is 747 g/mol. The van der Waals surface area contributed by atoms with Crippen molar-refractivity contribution in [1.82, 2.24) is 28.7 Å². The van der Waals surface area contributed by atoms with Crippen LogP contribution < -0.4 is 0 Å². The summed E-state index contributed by atoms with van der Waals surface area (Å²) in [6, 6.07) is 63.7. The maximum absolute atomic E-state index is 11.1. The van der Waals surface area contributed by atoms with Crippen LogP contribution in [-0.2, 0) is 0 Å². The highest BCUT2D eigenvalue weighted by molar-refractivity contribution is 6.24. The fraction of sp³-hybridized carbons (Fsp3) is 0.0370. The number of para-hydroxylation sites is 3. The molecule has 8 aromatic carbocycles. The van der Waals surface area contributed by atoms with E-state index in [0.717, 1.165) is 82.5 Å². The summed E-state index contributed by atoms with van der Waals surface area (Å²) in [4.78, 5) is 15.4. The summed E-state index contributed by atoms with van der Waals surface area (Å²) in [5.41, 5.74) is 12.6. The van der Waals surface area contributed by atoms with Crippen molar-refractivity contribution in [2.45, 2.75) is 13.8 Å². The normalized spacial score (nSPS) is 11.8. The van der Waals surface area contributed by atoms with E-state index in [1.54, 1.807) is 0 Å². The zero-order valence-corrected chi connectivity index (χ0v) is 33.4. The van der Waals surface area contributed by atoms with Crippen molar-refractivity contribution in [3.8, 4) is 46.2 Å². The molecule has 0 aliphatic heterocycles. The molecule has 0 amide bonds. The largest absolute Gasteiger partial charge is 0.307 e. The fourth-order valence-electron chi connectivity index (χ4n) is 9.33. The summed E-state index contributed by atoms with van der Waals surface area (Å²) < 4.78 is 6.76. The van der Waals surface area contributed by atoms with Crippen molar-refractivity contribution in [3.63, 3.8) is 0 Å². The van der Waals surface area contributed by atoms with Crippen molar-refractivity contribution in [2.24, 2.45) is 0 Å². The molecule has 7 nitrogen and oxygen atoms in total. The molecule has 7 heteroatoms. The SMILES string of the molecule is Cc1ccc2c(c1)c1cc(C)ccc1n2-c1nc(-c2ccccc2)nc(-c2ccc(-n3c4ccccc4c4ccc5c6ccccc6n(-c6ccccc6)c5c43)c(C#N)c2)n1. The molecule has 0 atom stereocenters. The summed E-state index contributed by atoms with van der Waals surface area (Å²) in [6.45, 7) is 4.24. The number of benzene rings is 8. The third kappa shape index (κ3) is 5.26. The summed E-state index contributed by atoms with van der Waals surface area (Å²) in [5.74, 6) is 1.54. The van der Waals surface area contributed by atoms with Gasteiger partial charge in [0.1, 0.15) is 6.07 Å². The van der Waals surface area contributed by atoms with E-state index < -0.39 is 0 Å². The first kappa shape index (κ1) is 34.7. The number of nitrogens with zero attached hydrogens (tertiary/aromatic N) is 7. The van der Waals surface area contributed by atoms with Crippen molar-refractivity contribution < 1.29 is 0 Å². The van der Waals surface area contributed by atoms with E-state index in [2.05, 4.69) is 155 Å². The zero-order valence-electron chi connectivity index (χ0n) is 33.4. The van der Waals surface area contributed by atoms with Gasteiger partial charge in [0.05, 0.1) is 44.4 Å². The van der Waals surface area contributed by atoms with E-state index >= 15 is 0 Å². The van der Waals surface area contributed by atoms with Gasteiger partial charge in [-0.1, -0.05) is 120 Å². The van der Waals surface area contributed by atoms with Gasteiger partial charge < -0.3 is 9.13 Å². The molecule has 0 aliphatic carbocycles. The maximum atomic E-state index is 11.1. The van der Waals surface area contributed by atoms with Gasteiger partial charge in [-0.05, 0) is 80.6 Å². The Morgan fingerprint density at radius 3 is 1.56 bits per heavy atom. The van der Waals surface area contributed by atoms with Gasteiger partial charge in [0.25, 0.3) is 0 Å². The van der Waals surface area contributed by atoms with Crippen molar-refractivity contribution in [3.05, 3.63) is 193 Å². The number of aromatic nitrogens is 6. The molecule has 0 aliphatic rings.